The van der Waals surface area contributed by atoms with Crippen molar-refractivity contribution in [2.75, 3.05) is 27.4 Å². The number of ether oxygens (including phenoxy) is 2. The molecule has 0 fully saturated rings. The SMILES string of the molecule is COc1ccc(C(O)(C(=O)NCCO)c2ccc(OC)cc2)cc1. The van der Waals surface area contributed by atoms with Gasteiger partial charge in [-0.1, -0.05) is 24.3 Å². The van der Waals surface area contributed by atoms with Gasteiger partial charge in [0.05, 0.1) is 20.8 Å². The number of nitrogens with one attached hydrogen (secondary N) is 1. The molecule has 0 heterocycles. The zero-order valence-corrected chi connectivity index (χ0v) is 13.7. The first-order valence-electron chi connectivity index (χ1n) is 7.46. The fraction of sp³-hybridized carbons (Fsp3) is 0.278. The highest BCUT2D eigenvalue weighted by atomic mass is 16.5. The molecule has 0 saturated carbocycles. The summed E-state index contributed by atoms with van der Waals surface area (Å²) in [6.45, 7) is -0.166. The minimum Gasteiger partial charge on any atom is -0.497 e. The molecule has 3 N–H and O–H groups in total. The van der Waals surface area contributed by atoms with Gasteiger partial charge in [-0.15, -0.1) is 0 Å². The van der Waals surface area contributed by atoms with E-state index in [2.05, 4.69) is 5.32 Å². The lowest BCUT2D eigenvalue weighted by molar-refractivity contribution is -0.136. The second-order valence-electron chi connectivity index (χ2n) is 5.15. The van der Waals surface area contributed by atoms with Gasteiger partial charge in [-0.25, -0.2) is 0 Å². The molecule has 2 rings (SSSR count). The Kier molecular flexibility index (Phi) is 5.78. The molecule has 0 radical (unpaired) electrons. The number of benzene rings is 2. The molecule has 0 aromatic heterocycles. The highest BCUT2D eigenvalue weighted by molar-refractivity contribution is 5.90. The van der Waals surface area contributed by atoms with Crippen LogP contribution in [0.25, 0.3) is 0 Å². The van der Waals surface area contributed by atoms with Crippen LogP contribution < -0.4 is 14.8 Å². The van der Waals surface area contributed by atoms with E-state index in [4.69, 9.17) is 14.6 Å². The number of aliphatic hydroxyl groups is 2. The predicted octanol–water partition coefficient (Wildman–Crippen LogP) is 1.05. The van der Waals surface area contributed by atoms with Crippen LogP contribution in [-0.4, -0.2) is 43.5 Å². The van der Waals surface area contributed by atoms with Crippen molar-refractivity contribution in [2.45, 2.75) is 5.60 Å². The lowest BCUT2D eigenvalue weighted by atomic mass is 9.85. The molecule has 2 aromatic rings. The summed E-state index contributed by atoms with van der Waals surface area (Å²) in [5.41, 5.74) is -1.11. The number of carbonyl (C=O) groups excluding carboxylic acids is 1. The molecule has 6 nitrogen and oxygen atoms in total. The predicted molar refractivity (Wildman–Crippen MR) is 89.1 cm³/mol. The summed E-state index contributed by atoms with van der Waals surface area (Å²) < 4.78 is 10.2. The third-order valence-corrected chi connectivity index (χ3v) is 3.74. The number of methoxy groups -OCH3 is 2. The van der Waals surface area contributed by atoms with Crippen molar-refractivity contribution in [3.8, 4) is 11.5 Å². The molecule has 0 saturated heterocycles. The van der Waals surface area contributed by atoms with Gasteiger partial charge in [0.15, 0.2) is 5.60 Å². The summed E-state index contributed by atoms with van der Waals surface area (Å²) in [6.07, 6.45) is 0. The maximum Gasteiger partial charge on any atom is 0.261 e. The summed E-state index contributed by atoms with van der Waals surface area (Å²) in [6, 6.07) is 13.2. The van der Waals surface area contributed by atoms with E-state index in [0.717, 1.165) is 0 Å². The molecular formula is C18H21NO5. The molecule has 0 bridgehead atoms. The topological polar surface area (TPSA) is 88.0 Å². The van der Waals surface area contributed by atoms with Crippen molar-refractivity contribution < 1.29 is 24.5 Å². The fourth-order valence-corrected chi connectivity index (χ4v) is 2.39. The first-order valence-corrected chi connectivity index (χ1v) is 7.46. The molecule has 2 aromatic carbocycles. The van der Waals surface area contributed by atoms with Crippen LogP contribution in [0.3, 0.4) is 0 Å². The minimum absolute atomic E-state index is 0.0491. The Balaban J connectivity index is 2.48. The summed E-state index contributed by atoms with van der Waals surface area (Å²) >= 11 is 0. The molecule has 6 heteroatoms. The standard InChI is InChI=1S/C18H21NO5/c1-23-15-7-3-13(4-8-15)18(22,17(21)19-11-12-20)14-5-9-16(24-2)10-6-14/h3-10,20,22H,11-12H2,1-2H3,(H,19,21). The lowest BCUT2D eigenvalue weighted by Crippen LogP contribution is -2.46. The number of aliphatic hydroxyl groups excluding tert-OH is 1. The van der Waals surface area contributed by atoms with Crippen molar-refractivity contribution in [3.63, 3.8) is 0 Å². The molecular weight excluding hydrogens is 310 g/mol. The van der Waals surface area contributed by atoms with Gasteiger partial charge in [-0.05, 0) is 35.4 Å². The first-order chi connectivity index (χ1) is 11.6. The number of hydrogen-bond acceptors (Lipinski definition) is 5. The molecule has 1 amide bonds. The smallest absolute Gasteiger partial charge is 0.261 e. The van der Waals surface area contributed by atoms with Gasteiger partial charge in [0.2, 0.25) is 0 Å². The summed E-state index contributed by atoms with van der Waals surface area (Å²) in [5.74, 6) is 0.616. The van der Waals surface area contributed by atoms with E-state index < -0.39 is 11.5 Å². The average Bonchev–Trinajstić information content (AvgIpc) is 2.65. The molecule has 0 spiro atoms. The highest BCUT2D eigenvalue weighted by Crippen LogP contribution is 2.32. The highest BCUT2D eigenvalue weighted by Gasteiger charge is 2.39. The van der Waals surface area contributed by atoms with Crippen molar-refractivity contribution in [1.29, 1.82) is 0 Å². The second kappa shape index (κ2) is 7.81. The summed E-state index contributed by atoms with van der Waals surface area (Å²) in [4.78, 5) is 12.6. The molecule has 0 unspecified atom stereocenters. The van der Waals surface area contributed by atoms with Gasteiger partial charge in [-0.3, -0.25) is 4.79 Å². The summed E-state index contributed by atoms with van der Waals surface area (Å²) in [7, 11) is 3.08. The van der Waals surface area contributed by atoms with E-state index in [1.54, 1.807) is 62.8 Å². The molecule has 128 valence electrons. The fourth-order valence-electron chi connectivity index (χ4n) is 2.39. The van der Waals surface area contributed by atoms with Crippen molar-refractivity contribution >= 4 is 5.91 Å². The zero-order chi connectivity index (χ0) is 17.6. The Hall–Kier alpha value is -2.57. The van der Waals surface area contributed by atoms with E-state index in [1.165, 1.54) is 0 Å². The van der Waals surface area contributed by atoms with Gasteiger partial charge in [0.25, 0.3) is 5.91 Å². The third kappa shape index (κ3) is 3.50. The van der Waals surface area contributed by atoms with Crippen LogP contribution in [0, 0.1) is 0 Å². The van der Waals surface area contributed by atoms with Crippen LogP contribution in [-0.2, 0) is 10.4 Å². The van der Waals surface area contributed by atoms with Crippen molar-refractivity contribution in [2.24, 2.45) is 0 Å². The Morgan fingerprint density at radius 3 is 1.71 bits per heavy atom. The minimum atomic E-state index is -1.90. The maximum atomic E-state index is 12.6. The normalized spacial score (nSPS) is 11.0. The van der Waals surface area contributed by atoms with Crippen LogP contribution in [0.5, 0.6) is 11.5 Å². The zero-order valence-electron chi connectivity index (χ0n) is 13.7. The Morgan fingerprint density at radius 2 is 1.38 bits per heavy atom. The van der Waals surface area contributed by atoms with E-state index in [0.29, 0.717) is 22.6 Å². The van der Waals surface area contributed by atoms with Crippen molar-refractivity contribution in [3.05, 3.63) is 59.7 Å². The van der Waals surface area contributed by atoms with Crippen LogP contribution in [0.1, 0.15) is 11.1 Å². The Morgan fingerprint density at radius 1 is 0.958 bits per heavy atom. The number of rotatable bonds is 7. The molecule has 0 aliphatic rings. The van der Waals surface area contributed by atoms with E-state index in [9.17, 15) is 9.90 Å². The van der Waals surface area contributed by atoms with Crippen molar-refractivity contribution in [1.82, 2.24) is 5.32 Å². The van der Waals surface area contributed by atoms with Crippen LogP contribution in [0.2, 0.25) is 0 Å². The van der Waals surface area contributed by atoms with E-state index in [-0.39, 0.29) is 13.2 Å². The summed E-state index contributed by atoms with van der Waals surface area (Å²) in [5, 5.41) is 22.7. The largest absolute Gasteiger partial charge is 0.497 e. The molecule has 0 atom stereocenters. The molecule has 0 aliphatic carbocycles. The van der Waals surface area contributed by atoms with Gasteiger partial charge >= 0.3 is 0 Å². The van der Waals surface area contributed by atoms with Gasteiger partial charge in [0, 0.05) is 6.54 Å². The van der Waals surface area contributed by atoms with Gasteiger partial charge < -0.3 is 25.0 Å². The van der Waals surface area contributed by atoms with Crippen LogP contribution >= 0.6 is 0 Å². The first kappa shape index (κ1) is 17.8. The van der Waals surface area contributed by atoms with E-state index in [1.807, 2.05) is 0 Å². The third-order valence-electron chi connectivity index (χ3n) is 3.74. The maximum absolute atomic E-state index is 12.6. The quantitative estimate of drug-likeness (QED) is 0.706. The van der Waals surface area contributed by atoms with E-state index >= 15 is 0 Å². The van der Waals surface area contributed by atoms with Crippen LogP contribution in [0.4, 0.5) is 0 Å². The number of amides is 1. The lowest BCUT2D eigenvalue weighted by Gasteiger charge is -2.28. The Labute approximate surface area is 140 Å². The molecule has 0 aliphatic heterocycles. The monoisotopic (exact) mass is 331 g/mol. The Bertz CT molecular complexity index is 619. The second-order valence-corrected chi connectivity index (χ2v) is 5.15. The number of hydrogen-bond donors (Lipinski definition) is 3. The number of carbonyl (C=O) groups is 1. The van der Waals surface area contributed by atoms with Crippen LogP contribution in [0.15, 0.2) is 48.5 Å². The average molecular weight is 331 g/mol. The molecule has 24 heavy (non-hydrogen) atoms. The van der Waals surface area contributed by atoms with Gasteiger partial charge in [0.1, 0.15) is 11.5 Å². The van der Waals surface area contributed by atoms with Gasteiger partial charge in [-0.2, -0.15) is 0 Å².